The van der Waals surface area contributed by atoms with Crippen molar-refractivity contribution in [2.45, 2.75) is 27.7 Å². The third-order valence-electron chi connectivity index (χ3n) is 21.4. The van der Waals surface area contributed by atoms with E-state index in [4.69, 9.17) is 40.1 Å². The van der Waals surface area contributed by atoms with E-state index >= 15 is 0 Å². The first kappa shape index (κ1) is 91.1. The van der Waals surface area contributed by atoms with E-state index in [1.165, 1.54) is 14.2 Å². The van der Waals surface area contributed by atoms with Gasteiger partial charge in [0.2, 0.25) is 0 Å². The molecule has 0 aliphatic carbocycles. The topological polar surface area (TPSA) is 190 Å². The van der Waals surface area contributed by atoms with Crippen LogP contribution in [0, 0.1) is 0 Å². The summed E-state index contributed by atoms with van der Waals surface area (Å²) in [6, 6.07) is 141. The Morgan fingerprint density at radius 2 is 0.344 bits per heavy atom. The average molecular weight is 1770 g/mol. The molecule has 6 heterocycles. The molecule has 0 N–H and O–H groups in total. The third kappa shape index (κ3) is 21.8. The molecular weight excluding hydrogens is 1670 g/mol. The molecule has 128 heavy (non-hydrogen) atoms. The fourth-order valence-electron chi connectivity index (χ4n) is 15.4. The van der Waals surface area contributed by atoms with Gasteiger partial charge in [-0.15, -0.1) is 0 Å². The van der Waals surface area contributed by atoms with Crippen LogP contribution in [-0.2, 0) is 43.6 Å². The van der Waals surface area contributed by atoms with Crippen LogP contribution in [0.4, 0.5) is 0 Å². The van der Waals surface area contributed by atoms with Crippen LogP contribution >= 0.6 is 0 Å². The predicted octanol–water partition coefficient (Wildman–Crippen LogP) is 21.8. The van der Waals surface area contributed by atoms with Crippen molar-refractivity contribution >= 4 is 14.2 Å². The Morgan fingerprint density at radius 3 is 0.461 bits per heavy atom. The van der Waals surface area contributed by atoms with E-state index in [2.05, 4.69) is 365 Å². The van der Waals surface area contributed by atoms with Gasteiger partial charge < -0.3 is 56.7 Å². The van der Waals surface area contributed by atoms with Crippen molar-refractivity contribution in [3.05, 3.63) is 413 Å². The van der Waals surface area contributed by atoms with Crippen LogP contribution in [0.15, 0.2) is 413 Å². The SMILES string of the molecule is CCOCC.CCOCC.COc1cc([O-])c(OC)cc1[O-].[Fe+2].[Fe+2].c1ccc(-c2cc(-c3ccccc3)n([BH-](n3nc(-c4ccccc4)cc3-c3ccccc3)n3nc(-c4ccccc4)cc3-c3ccccc3)n2)cc1.c1ccc(-c2cc(-c3ccccc3)n([BH-](n3nc(-c4ccccc4)cc3-c3ccccc3)n3nc(-c4ccccc4)cc3-c3ccccc3)n2)cc1. The molecule has 0 aliphatic rings. The van der Waals surface area contributed by atoms with Crippen molar-refractivity contribution in [2.75, 3.05) is 40.6 Å². The van der Waals surface area contributed by atoms with Crippen molar-refractivity contribution < 1.29 is 63.3 Å². The van der Waals surface area contributed by atoms with Gasteiger partial charge in [0.1, 0.15) is 11.5 Å². The molecule has 0 saturated carbocycles. The predicted molar refractivity (Wildman–Crippen MR) is 508 cm³/mol. The number of benzene rings is 13. The molecule has 19 rings (SSSR count). The van der Waals surface area contributed by atoms with Crippen LogP contribution in [0.1, 0.15) is 27.7 Å². The van der Waals surface area contributed by atoms with E-state index in [0.29, 0.717) is 0 Å². The summed E-state index contributed by atoms with van der Waals surface area (Å²) < 4.78 is 32.0. The van der Waals surface area contributed by atoms with Crippen LogP contribution in [0.25, 0.3) is 135 Å². The molecular formula is C106H96B2Fe2N12O6. The molecule has 0 bridgehead atoms. The van der Waals surface area contributed by atoms with Crippen molar-refractivity contribution in [3.8, 4) is 158 Å². The molecule has 0 radical (unpaired) electrons. The minimum atomic E-state index is -1.96. The Bertz CT molecular complexity index is 5590. The summed E-state index contributed by atoms with van der Waals surface area (Å²) in [4.78, 5) is 0. The molecule has 0 aliphatic heterocycles. The summed E-state index contributed by atoms with van der Waals surface area (Å²) in [6.45, 7) is 11.3. The van der Waals surface area contributed by atoms with Crippen LogP contribution in [-0.4, -0.2) is 113 Å². The molecule has 22 heteroatoms. The van der Waals surface area contributed by atoms with Gasteiger partial charge in [-0.2, -0.15) is 0 Å². The standard InChI is InChI=1S/2C45H34BN6.C8H10O4.2C4H10O.2Fe/c2*1-7-19-34(20-8-1)40-31-43(37-25-13-4-14-26-37)50(47-40)46(51-44(38-27-15-5-16-28-38)32-41(48-51)35-21-9-2-10-22-35)52-45(39-29-17-6-18-30-39)33-42(49-52)36-23-11-3-12-24-36;1-11-7-3-6(10)8(12-2)4-5(7)9;2*1-3-5-4-2;;/h2*1-33,46H;3-4,9-10H,1-2H3;2*3-4H2,1-2H3;;/q2*-1;;;;2*+2/p-2. The van der Waals surface area contributed by atoms with Crippen molar-refractivity contribution in [2.24, 2.45) is 0 Å². The first-order chi connectivity index (χ1) is 62.1. The number of nitrogens with zero attached hydrogens (tertiary/aromatic N) is 12. The molecule has 13 aromatic carbocycles. The van der Waals surface area contributed by atoms with Gasteiger partial charge in [0.15, 0.2) is 0 Å². The van der Waals surface area contributed by atoms with Crippen LogP contribution in [0.3, 0.4) is 0 Å². The summed E-state index contributed by atoms with van der Waals surface area (Å²) in [5.74, 6) is -0.621. The first-order valence-electron chi connectivity index (χ1n) is 42.4. The van der Waals surface area contributed by atoms with Crippen molar-refractivity contribution in [1.29, 1.82) is 0 Å². The maximum Gasteiger partial charge on any atom is 2.00 e. The number of ether oxygens (including phenoxy) is 4. The van der Waals surface area contributed by atoms with Gasteiger partial charge >= 0.3 is 48.4 Å². The Morgan fingerprint density at radius 1 is 0.211 bits per heavy atom. The smallest absolute Gasteiger partial charge is 0.870 e. The summed E-state index contributed by atoms with van der Waals surface area (Å²) in [5, 5.41) is 54.9. The molecule has 0 spiro atoms. The average Bonchev–Trinajstić information content (AvgIpc) is 1.59. The normalized spacial score (nSPS) is 10.7. The Labute approximate surface area is 769 Å². The number of hydrogen-bond acceptors (Lipinski definition) is 12. The third-order valence-corrected chi connectivity index (χ3v) is 21.4. The Hall–Kier alpha value is -14.6. The van der Waals surface area contributed by atoms with E-state index in [9.17, 15) is 10.2 Å². The van der Waals surface area contributed by atoms with Gasteiger partial charge in [-0.3, -0.25) is 0 Å². The fourth-order valence-corrected chi connectivity index (χ4v) is 15.4. The van der Waals surface area contributed by atoms with Gasteiger partial charge in [0, 0.05) is 94.0 Å². The Kier molecular flexibility index (Phi) is 32.3. The molecule has 638 valence electrons. The van der Waals surface area contributed by atoms with Crippen LogP contribution in [0.2, 0.25) is 0 Å². The quantitative estimate of drug-likeness (QED) is 0.0521. The summed E-state index contributed by atoms with van der Waals surface area (Å²) in [7, 11) is -1.25. The zero-order valence-corrected chi connectivity index (χ0v) is 74.2. The van der Waals surface area contributed by atoms with Crippen LogP contribution < -0.4 is 19.7 Å². The summed E-state index contributed by atoms with van der Waals surface area (Å²) in [6.07, 6.45) is 0. The van der Waals surface area contributed by atoms with Crippen molar-refractivity contribution in [1.82, 2.24) is 58.1 Å². The van der Waals surface area contributed by atoms with Crippen molar-refractivity contribution in [3.63, 3.8) is 0 Å². The summed E-state index contributed by atoms with van der Waals surface area (Å²) in [5.41, 5.74) is 23.7. The van der Waals surface area contributed by atoms with Gasteiger partial charge in [0.05, 0.1) is 48.4 Å². The minimum Gasteiger partial charge on any atom is -0.870 e. The molecule has 19 aromatic rings. The van der Waals surface area contributed by atoms with E-state index in [0.717, 1.165) is 174 Å². The molecule has 6 aromatic heterocycles. The largest absolute Gasteiger partial charge is 2.00 e. The first-order valence-corrected chi connectivity index (χ1v) is 42.4. The van der Waals surface area contributed by atoms with Crippen LogP contribution in [0.5, 0.6) is 23.0 Å². The van der Waals surface area contributed by atoms with E-state index in [-0.39, 0.29) is 57.1 Å². The number of methoxy groups -OCH3 is 2. The van der Waals surface area contributed by atoms with E-state index in [1.807, 2.05) is 100 Å². The van der Waals surface area contributed by atoms with Gasteiger partial charge in [-0.25, -0.2) is 30.6 Å². The second kappa shape index (κ2) is 45.3. The van der Waals surface area contributed by atoms with Gasteiger partial charge in [-0.1, -0.05) is 375 Å². The minimum absolute atomic E-state index is 0. The van der Waals surface area contributed by atoms with E-state index < -0.39 is 14.2 Å². The zero-order chi connectivity index (χ0) is 86.8. The maximum absolute atomic E-state index is 11.0. The number of rotatable bonds is 24. The second-order valence-electron chi connectivity index (χ2n) is 29.4. The van der Waals surface area contributed by atoms with E-state index in [1.54, 1.807) is 0 Å². The monoisotopic (exact) mass is 1770 g/mol. The molecule has 18 nitrogen and oxygen atoms in total. The summed E-state index contributed by atoms with van der Waals surface area (Å²) >= 11 is 0. The Balaban J connectivity index is 0.000000175. The molecule has 0 saturated heterocycles. The number of aromatic nitrogens is 12. The van der Waals surface area contributed by atoms with Gasteiger partial charge in [-0.05, 0) is 110 Å². The molecule has 0 fully saturated rings. The second-order valence-corrected chi connectivity index (χ2v) is 29.4. The number of hydrogen-bond donors (Lipinski definition) is 0. The molecule has 0 atom stereocenters. The molecule has 0 amide bonds. The van der Waals surface area contributed by atoms with Gasteiger partial charge in [0.25, 0.3) is 0 Å². The zero-order valence-electron chi connectivity index (χ0n) is 72.0. The maximum atomic E-state index is 11.0. The molecule has 0 unspecified atom stereocenters. The fraction of sp³-hybridized carbons (Fsp3) is 0.0943.